The average Bonchev–Trinajstić information content (AvgIpc) is 2.66. The lowest BCUT2D eigenvalue weighted by Crippen LogP contribution is -2.28. The van der Waals surface area contributed by atoms with Crippen LogP contribution in [-0.2, 0) is 20.0 Å². The van der Waals surface area contributed by atoms with E-state index in [-0.39, 0.29) is 24.0 Å². The Kier molecular flexibility index (Phi) is 7.45. The first-order valence-electron chi connectivity index (χ1n) is 8.92. The highest BCUT2D eigenvalue weighted by Crippen LogP contribution is 2.19. The lowest BCUT2D eigenvalue weighted by atomic mass is 10.1. The molecule has 0 aromatic heterocycles. The van der Waals surface area contributed by atoms with Crippen molar-refractivity contribution in [1.82, 2.24) is 9.62 Å². The summed E-state index contributed by atoms with van der Waals surface area (Å²) in [7, 11) is -3.97. The Balaban J connectivity index is 1.87. The van der Waals surface area contributed by atoms with Crippen LogP contribution < -0.4 is 14.8 Å². The molecule has 2 aromatic carbocycles. The fourth-order valence-corrected chi connectivity index (χ4v) is 4.00. The number of nitrogens with zero attached hydrogens (tertiary/aromatic N) is 1. The smallest absolute Gasteiger partial charge is 0.251 e. The lowest BCUT2D eigenvalue weighted by molar-refractivity contribution is 0.0947. The summed E-state index contributed by atoms with van der Waals surface area (Å²) in [5.41, 5.74) is 1.43. The fourth-order valence-electron chi connectivity index (χ4n) is 2.47. The second kappa shape index (κ2) is 9.45. The largest absolute Gasteiger partial charge is 0.492 e. The van der Waals surface area contributed by atoms with Gasteiger partial charge in [0.2, 0.25) is 20.0 Å². The molecule has 1 amide bonds. The molecule has 0 radical (unpaired) electrons. The number of hydrogen-bond acceptors (Lipinski definition) is 6. The summed E-state index contributed by atoms with van der Waals surface area (Å²) in [6.45, 7) is 2.13. The van der Waals surface area contributed by atoms with Crippen LogP contribution in [0.1, 0.15) is 15.9 Å². The highest BCUT2D eigenvalue weighted by atomic mass is 32.2. The van der Waals surface area contributed by atoms with Crippen LogP contribution in [-0.4, -0.2) is 60.6 Å². The number of hydrogen-bond donors (Lipinski definition) is 2. The molecular formula is C19H25N3O6S2. The monoisotopic (exact) mass is 455 g/mol. The minimum Gasteiger partial charge on any atom is -0.492 e. The van der Waals surface area contributed by atoms with Gasteiger partial charge in [0.05, 0.1) is 23.4 Å². The van der Waals surface area contributed by atoms with Gasteiger partial charge in [0, 0.05) is 19.7 Å². The Bertz CT molecular complexity index is 1110. The maximum absolute atomic E-state index is 12.2. The van der Waals surface area contributed by atoms with Gasteiger partial charge in [-0.15, -0.1) is 0 Å². The zero-order valence-electron chi connectivity index (χ0n) is 17.2. The van der Waals surface area contributed by atoms with Crippen LogP contribution in [0.25, 0.3) is 0 Å². The number of nitrogens with one attached hydrogen (secondary N) is 2. The zero-order valence-corrected chi connectivity index (χ0v) is 18.8. The highest BCUT2D eigenvalue weighted by Gasteiger charge is 2.16. The molecule has 0 atom stereocenters. The molecule has 0 fully saturated rings. The number of sulfonamides is 2. The van der Waals surface area contributed by atoms with E-state index < -0.39 is 20.0 Å². The summed E-state index contributed by atoms with van der Waals surface area (Å²) in [6.07, 6.45) is 1.06. The predicted octanol–water partition coefficient (Wildman–Crippen LogP) is 1.43. The van der Waals surface area contributed by atoms with Crippen molar-refractivity contribution >= 4 is 31.6 Å². The molecule has 0 saturated heterocycles. The third-order valence-corrected chi connectivity index (χ3v) is 6.46. The maximum atomic E-state index is 12.2. The topological polar surface area (TPSA) is 122 Å². The van der Waals surface area contributed by atoms with Crippen molar-refractivity contribution in [3.63, 3.8) is 0 Å². The lowest BCUT2D eigenvalue weighted by Gasteiger charge is -2.12. The first-order chi connectivity index (χ1) is 13.9. The van der Waals surface area contributed by atoms with E-state index in [0.717, 1.165) is 10.6 Å². The van der Waals surface area contributed by atoms with Gasteiger partial charge in [0.1, 0.15) is 12.4 Å². The van der Waals surface area contributed by atoms with E-state index in [2.05, 4.69) is 10.0 Å². The molecule has 11 heteroatoms. The second-order valence-electron chi connectivity index (χ2n) is 6.77. The normalized spacial score (nSPS) is 11.9. The fraction of sp³-hybridized carbons (Fsp3) is 0.316. The number of carbonyl (C=O) groups excluding carboxylic acids is 1. The SMILES string of the molecule is Cc1cc(C(=O)NCCOc2ccc(S(=O)(=O)N(C)C)cc2)ccc1NS(C)(=O)=O. The number of amides is 1. The van der Waals surface area contributed by atoms with Crippen LogP contribution in [0.5, 0.6) is 5.75 Å². The first-order valence-corrected chi connectivity index (χ1v) is 12.3. The molecule has 0 spiro atoms. The van der Waals surface area contributed by atoms with Gasteiger partial charge in [-0.25, -0.2) is 21.1 Å². The van der Waals surface area contributed by atoms with Crippen LogP contribution in [0.2, 0.25) is 0 Å². The van der Waals surface area contributed by atoms with E-state index in [0.29, 0.717) is 22.6 Å². The molecule has 0 bridgehead atoms. The molecule has 0 unspecified atom stereocenters. The number of benzene rings is 2. The predicted molar refractivity (Wildman–Crippen MR) is 115 cm³/mol. The quantitative estimate of drug-likeness (QED) is 0.552. The molecule has 2 rings (SSSR count). The van der Waals surface area contributed by atoms with Crippen molar-refractivity contribution < 1.29 is 26.4 Å². The Labute approximate surface area is 177 Å². The molecule has 0 saturated carbocycles. The van der Waals surface area contributed by atoms with Crippen molar-refractivity contribution in [2.24, 2.45) is 0 Å². The number of rotatable bonds is 9. The van der Waals surface area contributed by atoms with Crippen molar-refractivity contribution in [3.05, 3.63) is 53.6 Å². The van der Waals surface area contributed by atoms with Crippen LogP contribution in [0.3, 0.4) is 0 Å². The molecule has 164 valence electrons. The standard InChI is InChI=1S/C19H25N3O6S2/c1-14-13-15(5-10-18(14)21-29(4,24)25)19(23)20-11-12-28-16-6-8-17(9-7-16)30(26,27)22(2)3/h5-10,13,21H,11-12H2,1-4H3,(H,20,23). The minimum absolute atomic E-state index is 0.164. The van der Waals surface area contributed by atoms with Gasteiger partial charge in [0.25, 0.3) is 5.91 Å². The minimum atomic E-state index is -3.49. The summed E-state index contributed by atoms with van der Waals surface area (Å²) < 4.78 is 55.7. The van der Waals surface area contributed by atoms with E-state index in [4.69, 9.17) is 4.74 Å². The summed E-state index contributed by atoms with van der Waals surface area (Å²) in [4.78, 5) is 12.4. The van der Waals surface area contributed by atoms with Gasteiger partial charge in [-0.2, -0.15) is 0 Å². The Hall–Kier alpha value is -2.63. The van der Waals surface area contributed by atoms with Gasteiger partial charge >= 0.3 is 0 Å². The van der Waals surface area contributed by atoms with Gasteiger partial charge in [-0.1, -0.05) is 0 Å². The Morgan fingerprint density at radius 1 is 1.03 bits per heavy atom. The summed E-state index contributed by atoms with van der Waals surface area (Å²) in [5.74, 6) is 0.161. The second-order valence-corrected chi connectivity index (χ2v) is 10.7. The first kappa shape index (κ1) is 23.6. The molecule has 2 aromatic rings. The van der Waals surface area contributed by atoms with Crippen LogP contribution in [0.4, 0.5) is 5.69 Å². The van der Waals surface area contributed by atoms with E-state index in [1.807, 2.05) is 0 Å². The van der Waals surface area contributed by atoms with E-state index in [9.17, 15) is 21.6 Å². The van der Waals surface area contributed by atoms with E-state index >= 15 is 0 Å². The van der Waals surface area contributed by atoms with Gasteiger partial charge < -0.3 is 10.1 Å². The Morgan fingerprint density at radius 3 is 2.20 bits per heavy atom. The summed E-state index contributed by atoms with van der Waals surface area (Å²) >= 11 is 0. The Morgan fingerprint density at radius 2 is 1.67 bits per heavy atom. The molecule has 0 aliphatic carbocycles. The van der Waals surface area contributed by atoms with Crippen molar-refractivity contribution in [3.8, 4) is 5.75 Å². The van der Waals surface area contributed by atoms with Crippen molar-refractivity contribution in [2.45, 2.75) is 11.8 Å². The van der Waals surface area contributed by atoms with Gasteiger partial charge in [-0.3, -0.25) is 9.52 Å². The van der Waals surface area contributed by atoms with Crippen molar-refractivity contribution in [1.29, 1.82) is 0 Å². The number of anilines is 1. The summed E-state index contributed by atoms with van der Waals surface area (Å²) in [5, 5.41) is 2.71. The number of aryl methyl sites for hydroxylation is 1. The van der Waals surface area contributed by atoms with Crippen LogP contribution >= 0.6 is 0 Å². The maximum Gasteiger partial charge on any atom is 0.251 e. The average molecular weight is 456 g/mol. The van der Waals surface area contributed by atoms with Gasteiger partial charge in [-0.05, 0) is 55.0 Å². The number of ether oxygens (including phenoxy) is 1. The molecule has 2 N–H and O–H groups in total. The van der Waals surface area contributed by atoms with Crippen LogP contribution in [0.15, 0.2) is 47.4 Å². The van der Waals surface area contributed by atoms with E-state index in [1.54, 1.807) is 25.1 Å². The molecular weight excluding hydrogens is 430 g/mol. The molecule has 9 nitrogen and oxygen atoms in total. The van der Waals surface area contributed by atoms with Gasteiger partial charge in [0.15, 0.2) is 0 Å². The zero-order chi connectivity index (χ0) is 22.5. The molecule has 0 heterocycles. The highest BCUT2D eigenvalue weighted by molar-refractivity contribution is 7.92. The summed E-state index contributed by atoms with van der Waals surface area (Å²) in [6, 6.07) is 10.7. The third kappa shape index (κ3) is 6.44. The molecule has 30 heavy (non-hydrogen) atoms. The third-order valence-electron chi connectivity index (χ3n) is 4.04. The van der Waals surface area contributed by atoms with Crippen LogP contribution in [0, 0.1) is 6.92 Å². The number of carbonyl (C=O) groups is 1. The molecule has 0 aliphatic rings. The van der Waals surface area contributed by atoms with E-state index in [1.165, 1.54) is 38.4 Å². The van der Waals surface area contributed by atoms with Crippen molar-refractivity contribution in [2.75, 3.05) is 38.2 Å². The molecule has 0 aliphatic heterocycles.